The summed E-state index contributed by atoms with van der Waals surface area (Å²) in [5.41, 5.74) is 5.75. The van der Waals surface area contributed by atoms with E-state index < -0.39 is 0 Å². The summed E-state index contributed by atoms with van der Waals surface area (Å²) in [6.45, 7) is 1.90. The Kier molecular flexibility index (Phi) is 4.19. The summed E-state index contributed by atoms with van der Waals surface area (Å²) in [7, 11) is 0. The zero-order chi connectivity index (χ0) is 15.7. The summed E-state index contributed by atoms with van der Waals surface area (Å²) < 4.78 is 13.5. The van der Waals surface area contributed by atoms with E-state index in [9.17, 15) is 9.50 Å². The average Bonchev–Trinajstić information content (AvgIpc) is 2.79. The fourth-order valence-electron chi connectivity index (χ4n) is 2.82. The Morgan fingerprint density at radius 1 is 1.09 bits per heavy atom. The molecule has 0 bridgehead atoms. The second-order valence-electron chi connectivity index (χ2n) is 5.28. The number of benzene rings is 2. The lowest BCUT2D eigenvalue weighted by Crippen LogP contribution is -1.90. The van der Waals surface area contributed by atoms with Crippen LogP contribution in [0.2, 0.25) is 0 Å². The van der Waals surface area contributed by atoms with Gasteiger partial charge in [0.25, 0.3) is 0 Å². The number of fused-ring (bicyclic) bond motifs is 1. The lowest BCUT2D eigenvalue weighted by Gasteiger charge is -2.05. The van der Waals surface area contributed by atoms with E-state index in [4.69, 9.17) is 0 Å². The van der Waals surface area contributed by atoms with Crippen LogP contribution in [-0.2, 0) is 0 Å². The van der Waals surface area contributed by atoms with Gasteiger partial charge in [0.15, 0.2) is 0 Å². The molecule has 0 atom stereocenters. The van der Waals surface area contributed by atoms with Gasteiger partial charge in [0.2, 0.25) is 0 Å². The highest BCUT2D eigenvalue weighted by Crippen LogP contribution is 2.42. The number of rotatable bonds is 3. The third kappa shape index (κ3) is 2.62. The fraction of sp³-hybridized carbons (Fsp3) is 0.158. The third-order valence-electron chi connectivity index (χ3n) is 4.04. The Bertz CT molecular complexity index is 773. The molecule has 2 aromatic carbocycles. The van der Waals surface area contributed by atoms with Crippen molar-refractivity contribution in [3.8, 4) is 0 Å². The van der Waals surface area contributed by atoms with Crippen LogP contribution in [0.3, 0.4) is 0 Å². The number of hydrogen-bond donors (Lipinski definition) is 1. The predicted molar refractivity (Wildman–Crippen MR) is 92.2 cm³/mol. The maximum absolute atomic E-state index is 13.5. The number of allylic oxidation sites excluding steroid dienone is 2. The first-order chi connectivity index (χ1) is 10.6. The largest absolute Gasteiger partial charge is 0.392 e. The molecule has 1 aliphatic carbocycles. The molecule has 1 aliphatic rings. The van der Waals surface area contributed by atoms with Crippen molar-refractivity contribution in [1.29, 1.82) is 0 Å². The SMILES string of the molecule is CSc1ccc(C=C2C(C)=C(CO)c3cc(F)ccc32)cc1. The number of halogens is 1. The Hall–Kier alpha value is -1.84. The van der Waals surface area contributed by atoms with E-state index in [1.807, 2.05) is 6.92 Å². The molecule has 0 fully saturated rings. The highest BCUT2D eigenvalue weighted by atomic mass is 32.2. The third-order valence-corrected chi connectivity index (χ3v) is 4.78. The molecular weight excluding hydrogens is 295 g/mol. The van der Waals surface area contributed by atoms with E-state index in [0.717, 1.165) is 33.4 Å². The van der Waals surface area contributed by atoms with Crippen molar-refractivity contribution < 1.29 is 9.50 Å². The molecule has 0 spiro atoms. The fourth-order valence-corrected chi connectivity index (χ4v) is 3.23. The minimum atomic E-state index is -0.275. The topological polar surface area (TPSA) is 20.2 Å². The highest BCUT2D eigenvalue weighted by molar-refractivity contribution is 7.98. The molecule has 0 saturated carbocycles. The zero-order valence-electron chi connectivity index (χ0n) is 12.6. The second kappa shape index (κ2) is 6.11. The van der Waals surface area contributed by atoms with Gasteiger partial charge in [-0.25, -0.2) is 4.39 Å². The van der Waals surface area contributed by atoms with Crippen molar-refractivity contribution in [2.24, 2.45) is 0 Å². The maximum atomic E-state index is 13.5. The number of hydrogen-bond acceptors (Lipinski definition) is 2. The lowest BCUT2D eigenvalue weighted by molar-refractivity contribution is 0.350. The minimum absolute atomic E-state index is 0.0783. The molecule has 3 heteroatoms. The van der Waals surface area contributed by atoms with Crippen LogP contribution < -0.4 is 0 Å². The summed E-state index contributed by atoms with van der Waals surface area (Å²) in [6, 6.07) is 13.1. The first-order valence-corrected chi connectivity index (χ1v) is 8.33. The number of aliphatic hydroxyl groups is 1. The van der Waals surface area contributed by atoms with Crippen LogP contribution in [0.4, 0.5) is 4.39 Å². The maximum Gasteiger partial charge on any atom is 0.123 e. The van der Waals surface area contributed by atoms with Crippen LogP contribution in [0, 0.1) is 5.82 Å². The molecule has 112 valence electrons. The van der Waals surface area contributed by atoms with E-state index in [-0.39, 0.29) is 12.4 Å². The van der Waals surface area contributed by atoms with Gasteiger partial charge in [-0.1, -0.05) is 18.2 Å². The summed E-state index contributed by atoms with van der Waals surface area (Å²) in [4.78, 5) is 1.22. The average molecular weight is 312 g/mol. The molecule has 0 aromatic heterocycles. The molecular formula is C19H17FOS. The van der Waals surface area contributed by atoms with Crippen LogP contribution in [0.15, 0.2) is 52.9 Å². The normalized spacial score (nSPS) is 15.5. The molecule has 2 aromatic rings. The Balaban J connectivity index is 2.10. The molecule has 0 saturated heterocycles. The van der Waals surface area contributed by atoms with Gasteiger partial charge in [0, 0.05) is 4.90 Å². The molecule has 0 heterocycles. The van der Waals surface area contributed by atoms with Gasteiger partial charge in [-0.05, 0) is 76.9 Å². The highest BCUT2D eigenvalue weighted by Gasteiger charge is 2.23. The van der Waals surface area contributed by atoms with Crippen LogP contribution in [0.1, 0.15) is 23.6 Å². The van der Waals surface area contributed by atoms with Crippen LogP contribution >= 0.6 is 11.8 Å². The molecule has 22 heavy (non-hydrogen) atoms. The molecule has 1 nitrogen and oxygen atoms in total. The van der Waals surface area contributed by atoms with Crippen molar-refractivity contribution in [3.63, 3.8) is 0 Å². The van der Waals surface area contributed by atoms with Crippen molar-refractivity contribution in [3.05, 3.63) is 70.5 Å². The van der Waals surface area contributed by atoms with Crippen LogP contribution in [-0.4, -0.2) is 18.0 Å². The van der Waals surface area contributed by atoms with E-state index >= 15 is 0 Å². The zero-order valence-corrected chi connectivity index (χ0v) is 13.4. The molecule has 0 aliphatic heterocycles. The molecule has 1 N–H and O–H groups in total. The summed E-state index contributed by atoms with van der Waals surface area (Å²) in [6.07, 6.45) is 4.15. The van der Waals surface area contributed by atoms with Crippen molar-refractivity contribution in [2.75, 3.05) is 12.9 Å². The summed E-state index contributed by atoms with van der Waals surface area (Å²) in [5, 5.41) is 9.62. The van der Waals surface area contributed by atoms with Crippen LogP contribution in [0.25, 0.3) is 17.2 Å². The lowest BCUT2D eigenvalue weighted by atomic mass is 10.0. The van der Waals surface area contributed by atoms with Gasteiger partial charge >= 0.3 is 0 Å². The monoisotopic (exact) mass is 312 g/mol. The quantitative estimate of drug-likeness (QED) is 0.816. The van der Waals surface area contributed by atoms with Gasteiger partial charge in [-0.15, -0.1) is 11.8 Å². The van der Waals surface area contributed by atoms with Gasteiger partial charge in [-0.3, -0.25) is 0 Å². The number of aliphatic hydroxyl groups excluding tert-OH is 1. The van der Waals surface area contributed by atoms with Crippen molar-refractivity contribution in [2.45, 2.75) is 11.8 Å². The molecule has 0 radical (unpaired) electrons. The van der Waals surface area contributed by atoms with Crippen molar-refractivity contribution >= 4 is 29.0 Å². The van der Waals surface area contributed by atoms with Gasteiger partial charge in [0.05, 0.1) is 6.61 Å². The summed E-state index contributed by atoms with van der Waals surface area (Å²) >= 11 is 1.71. The van der Waals surface area contributed by atoms with Gasteiger partial charge < -0.3 is 5.11 Å². The standard InChI is InChI=1S/C19H17FOS/c1-12-17(9-13-3-6-15(22-2)7-4-13)16-8-5-14(20)10-18(16)19(12)11-21/h3-10,21H,11H2,1-2H3. The first-order valence-electron chi connectivity index (χ1n) is 7.11. The van der Waals surface area contributed by atoms with Gasteiger partial charge in [-0.2, -0.15) is 0 Å². The molecule has 0 amide bonds. The van der Waals surface area contributed by atoms with Crippen LogP contribution in [0.5, 0.6) is 0 Å². The Morgan fingerprint density at radius 2 is 1.82 bits per heavy atom. The smallest absolute Gasteiger partial charge is 0.123 e. The van der Waals surface area contributed by atoms with Gasteiger partial charge in [0.1, 0.15) is 5.82 Å². The molecule has 3 rings (SSSR count). The Morgan fingerprint density at radius 3 is 2.45 bits per heavy atom. The Labute approximate surface area is 134 Å². The predicted octanol–water partition coefficient (Wildman–Crippen LogP) is 4.87. The number of thioether (sulfide) groups is 1. The minimum Gasteiger partial charge on any atom is -0.392 e. The molecule has 0 unspecified atom stereocenters. The van der Waals surface area contributed by atoms with E-state index in [1.165, 1.54) is 17.0 Å². The van der Waals surface area contributed by atoms with E-state index in [0.29, 0.717) is 0 Å². The first kappa shape index (κ1) is 15.1. The summed E-state index contributed by atoms with van der Waals surface area (Å²) in [5.74, 6) is -0.275. The van der Waals surface area contributed by atoms with E-state index in [1.54, 1.807) is 17.8 Å². The van der Waals surface area contributed by atoms with E-state index in [2.05, 4.69) is 36.6 Å². The van der Waals surface area contributed by atoms with Crippen molar-refractivity contribution in [1.82, 2.24) is 0 Å². The second-order valence-corrected chi connectivity index (χ2v) is 6.16.